The van der Waals surface area contributed by atoms with Gasteiger partial charge in [-0.05, 0) is 30.7 Å². The third-order valence-corrected chi connectivity index (χ3v) is 3.69. The number of nitrogens with zero attached hydrogens (tertiary/aromatic N) is 3. The van der Waals surface area contributed by atoms with Gasteiger partial charge >= 0.3 is 0 Å². The maximum absolute atomic E-state index is 6.38. The van der Waals surface area contributed by atoms with Crippen molar-refractivity contribution in [3.05, 3.63) is 53.2 Å². The van der Waals surface area contributed by atoms with E-state index in [2.05, 4.69) is 15.3 Å². The van der Waals surface area contributed by atoms with Gasteiger partial charge in [0, 0.05) is 24.8 Å². The van der Waals surface area contributed by atoms with Crippen LogP contribution in [-0.2, 0) is 13.6 Å². The van der Waals surface area contributed by atoms with E-state index in [1.807, 2.05) is 42.9 Å². The number of halogens is 1. The van der Waals surface area contributed by atoms with Gasteiger partial charge in [0.05, 0.1) is 34.8 Å². The molecule has 0 aliphatic heterocycles. The number of rotatable bonds is 3. The quantitative estimate of drug-likeness (QED) is 0.801. The van der Waals surface area contributed by atoms with Crippen LogP contribution in [0.4, 0.5) is 5.69 Å². The van der Waals surface area contributed by atoms with Crippen LogP contribution in [0.25, 0.3) is 10.9 Å². The zero-order valence-corrected chi connectivity index (χ0v) is 12.1. The first kappa shape index (κ1) is 12.9. The summed E-state index contributed by atoms with van der Waals surface area (Å²) in [7, 11) is 1.97. The number of nitrogens with one attached hydrogen (secondary N) is 1. The van der Waals surface area contributed by atoms with E-state index in [1.54, 1.807) is 12.5 Å². The largest absolute Gasteiger partial charge is 0.378 e. The number of imidazole rings is 1. The van der Waals surface area contributed by atoms with Crippen molar-refractivity contribution in [1.29, 1.82) is 0 Å². The molecule has 0 unspecified atom stereocenters. The van der Waals surface area contributed by atoms with Crippen LogP contribution in [0.3, 0.4) is 0 Å². The Bertz CT molecular complexity index is 764. The van der Waals surface area contributed by atoms with Gasteiger partial charge < -0.3 is 9.88 Å². The third-order valence-electron chi connectivity index (χ3n) is 3.40. The van der Waals surface area contributed by atoms with Crippen molar-refractivity contribution in [2.24, 2.45) is 7.05 Å². The fourth-order valence-electron chi connectivity index (χ4n) is 2.29. The summed E-state index contributed by atoms with van der Waals surface area (Å²) >= 11 is 6.38. The minimum absolute atomic E-state index is 0.670. The van der Waals surface area contributed by atoms with Crippen molar-refractivity contribution in [1.82, 2.24) is 14.5 Å². The Labute approximate surface area is 122 Å². The van der Waals surface area contributed by atoms with Crippen LogP contribution in [0.5, 0.6) is 0 Å². The maximum Gasteiger partial charge on any atom is 0.0946 e. The summed E-state index contributed by atoms with van der Waals surface area (Å²) in [6.07, 6.45) is 5.43. The summed E-state index contributed by atoms with van der Waals surface area (Å²) in [6.45, 7) is 2.69. The van der Waals surface area contributed by atoms with Crippen molar-refractivity contribution in [3.63, 3.8) is 0 Å². The highest BCUT2D eigenvalue weighted by Crippen LogP contribution is 2.32. The molecule has 0 amide bonds. The molecule has 102 valence electrons. The average Bonchev–Trinajstić information content (AvgIpc) is 2.84. The molecule has 0 bridgehead atoms. The van der Waals surface area contributed by atoms with Crippen molar-refractivity contribution in [2.45, 2.75) is 13.5 Å². The molecule has 2 aromatic heterocycles. The molecule has 5 heteroatoms. The molecule has 0 saturated carbocycles. The van der Waals surface area contributed by atoms with Crippen LogP contribution in [-0.4, -0.2) is 14.5 Å². The highest BCUT2D eigenvalue weighted by molar-refractivity contribution is 6.35. The minimum atomic E-state index is 0.670. The van der Waals surface area contributed by atoms with Crippen molar-refractivity contribution >= 4 is 28.2 Å². The predicted molar refractivity (Wildman–Crippen MR) is 82.0 cm³/mol. The van der Waals surface area contributed by atoms with E-state index in [0.717, 1.165) is 27.8 Å². The third kappa shape index (κ3) is 2.23. The first-order valence-electron chi connectivity index (χ1n) is 6.39. The topological polar surface area (TPSA) is 42.7 Å². The maximum atomic E-state index is 6.38. The van der Waals surface area contributed by atoms with E-state index in [9.17, 15) is 0 Å². The number of aryl methyl sites for hydroxylation is 2. The van der Waals surface area contributed by atoms with Crippen LogP contribution < -0.4 is 5.32 Å². The van der Waals surface area contributed by atoms with E-state index < -0.39 is 0 Å². The van der Waals surface area contributed by atoms with Gasteiger partial charge in [-0.1, -0.05) is 11.6 Å². The Balaban J connectivity index is 2.01. The first-order valence-corrected chi connectivity index (χ1v) is 6.77. The number of hydrogen-bond acceptors (Lipinski definition) is 3. The van der Waals surface area contributed by atoms with E-state index in [1.165, 1.54) is 0 Å². The van der Waals surface area contributed by atoms with Gasteiger partial charge in [0.15, 0.2) is 0 Å². The first-order chi connectivity index (χ1) is 9.66. The molecular weight excluding hydrogens is 272 g/mol. The van der Waals surface area contributed by atoms with Crippen LogP contribution in [0.1, 0.15) is 11.3 Å². The Morgan fingerprint density at radius 3 is 3.00 bits per heavy atom. The molecule has 3 aromatic rings. The number of fused-ring (bicyclic) bond motifs is 1. The molecule has 0 aliphatic rings. The highest BCUT2D eigenvalue weighted by atomic mass is 35.5. The standard InChI is InChI=1S/C15H15ClN4/c1-10-6-13(16)15(12-4-3-5-18-14(10)12)19-8-11-7-17-9-20(11)2/h3-7,9,19H,8H2,1-2H3. The molecule has 3 rings (SSSR count). The Morgan fingerprint density at radius 2 is 2.25 bits per heavy atom. The number of pyridine rings is 1. The number of aromatic nitrogens is 3. The molecule has 4 nitrogen and oxygen atoms in total. The highest BCUT2D eigenvalue weighted by Gasteiger charge is 2.10. The Hall–Kier alpha value is -2.07. The number of anilines is 1. The van der Waals surface area contributed by atoms with Gasteiger partial charge in [-0.15, -0.1) is 0 Å². The van der Waals surface area contributed by atoms with Gasteiger partial charge in [0.1, 0.15) is 0 Å². The lowest BCUT2D eigenvalue weighted by Crippen LogP contribution is -2.05. The lowest BCUT2D eigenvalue weighted by Gasteiger charge is -2.13. The molecule has 0 saturated heterocycles. The molecule has 0 spiro atoms. The molecule has 1 N–H and O–H groups in total. The second kappa shape index (κ2) is 5.13. The molecule has 0 radical (unpaired) electrons. The van der Waals surface area contributed by atoms with Gasteiger partial charge in [-0.2, -0.15) is 0 Å². The molecule has 1 aromatic carbocycles. The molecule has 0 fully saturated rings. The van der Waals surface area contributed by atoms with Crippen LogP contribution in [0.2, 0.25) is 5.02 Å². The number of benzene rings is 1. The number of hydrogen-bond donors (Lipinski definition) is 1. The van der Waals surface area contributed by atoms with Crippen molar-refractivity contribution < 1.29 is 0 Å². The lowest BCUT2D eigenvalue weighted by atomic mass is 10.1. The van der Waals surface area contributed by atoms with E-state index in [4.69, 9.17) is 11.6 Å². The Kier molecular flexibility index (Phi) is 3.32. The SMILES string of the molecule is Cc1cc(Cl)c(NCc2cncn2C)c2cccnc12. The summed E-state index contributed by atoms with van der Waals surface area (Å²) in [5.41, 5.74) is 4.07. The van der Waals surface area contributed by atoms with E-state index >= 15 is 0 Å². The fourth-order valence-corrected chi connectivity index (χ4v) is 2.63. The minimum Gasteiger partial charge on any atom is -0.378 e. The molecule has 0 atom stereocenters. The Morgan fingerprint density at radius 1 is 1.40 bits per heavy atom. The summed E-state index contributed by atoms with van der Waals surface area (Å²) in [4.78, 5) is 8.54. The monoisotopic (exact) mass is 286 g/mol. The van der Waals surface area contributed by atoms with Crippen LogP contribution >= 0.6 is 11.6 Å². The molecule has 20 heavy (non-hydrogen) atoms. The van der Waals surface area contributed by atoms with Gasteiger partial charge in [-0.3, -0.25) is 4.98 Å². The lowest BCUT2D eigenvalue weighted by molar-refractivity contribution is 0.838. The van der Waals surface area contributed by atoms with Crippen LogP contribution in [0, 0.1) is 6.92 Å². The molecular formula is C15H15ClN4. The summed E-state index contributed by atoms with van der Waals surface area (Å²) in [5.74, 6) is 0. The predicted octanol–water partition coefficient (Wildman–Crippen LogP) is 3.54. The van der Waals surface area contributed by atoms with Crippen molar-refractivity contribution in [2.75, 3.05) is 5.32 Å². The van der Waals surface area contributed by atoms with E-state index in [0.29, 0.717) is 11.6 Å². The van der Waals surface area contributed by atoms with Gasteiger partial charge in [0.25, 0.3) is 0 Å². The smallest absolute Gasteiger partial charge is 0.0946 e. The zero-order valence-electron chi connectivity index (χ0n) is 11.4. The average molecular weight is 287 g/mol. The van der Waals surface area contributed by atoms with Gasteiger partial charge in [0.2, 0.25) is 0 Å². The summed E-state index contributed by atoms with van der Waals surface area (Å²) in [5, 5.41) is 5.15. The summed E-state index contributed by atoms with van der Waals surface area (Å²) < 4.78 is 1.98. The van der Waals surface area contributed by atoms with Crippen molar-refractivity contribution in [3.8, 4) is 0 Å². The second-order valence-electron chi connectivity index (χ2n) is 4.80. The second-order valence-corrected chi connectivity index (χ2v) is 5.21. The molecule has 2 heterocycles. The normalized spacial score (nSPS) is 10.9. The zero-order chi connectivity index (χ0) is 14.1. The molecule has 0 aliphatic carbocycles. The van der Waals surface area contributed by atoms with Gasteiger partial charge in [-0.25, -0.2) is 4.98 Å². The van der Waals surface area contributed by atoms with Crippen LogP contribution in [0.15, 0.2) is 36.9 Å². The van der Waals surface area contributed by atoms with E-state index in [-0.39, 0.29) is 0 Å². The summed E-state index contributed by atoms with van der Waals surface area (Å²) in [6, 6.07) is 5.91. The fraction of sp³-hybridized carbons (Fsp3) is 0.200.